The Morgan fingerprint density at radius 3 is 2.68 bits per heavy atom. The van der Waals surface area contributed by atoms with Crippen molar-refractivity contribution in [3.05, 3.63) is 60.4 Å². The van der Waals surface area contributed by atoms with Crippen molar-refractivity contribution >= 4 is 11.7 Å². The molecule has 0 saturated carbocycles. The molecule has 3 aromatic rings. The van der Waals surface area contributed by atoms with Gasteiger partial charge in [0.15, 0.2) is 17.4 Å². The molecule has 0 aliphatic heterocycles. The quantitative estimate of drug-likeness (QED) is 0.579. The fourth-order valence-electron chi connectivity index (χ4n) is 2.74. The first-order valence-corrected chi connectivity index (χ1v) is 9.46. The van der Waals surface area contributed by atoms with Gasteiger partial charge < -0.3 is 14.5 Å². The first kappa shape index (κ1) is 21.6. The summed E-state index contributed by atoms with van der Waals surface area (Å²) in [7, 11) is 3.54. The summed E-state index contributed by atoms with van der Waals surface area (Å²) in [6.45, 7) is 2.57. The Labute approximate surface area is 179 Å². The highest BCUT2D eigenvalue weighted by Gasteiger charge is 2.13. The standard InChI is InChI=1S/C22H21FN6O2/c1-15(30)28(2)8-9-29(3)21-13-26-14-22(27-21)31-20-5-4-16(10-19(20)23)18-6-7-25-12-17(18)11-24/h4-7,10,12-14H,8-9H2,1-3H3. The number of benzene rings is 1. The Morgan fingerprint density at radius 2 is 1.97 bits per heavy atom. The zero-order valence-corrected chi connectivity index (χ0v) is 17.4. The van der Waals surface area contributed by atoms with Crippen LogP contribution in [-0.4, -0.2) is 52.9 Å². The number of likely N-dealkylation sites (N-methyl/N-ethyl adjacent to an activating group) is 2. The minimum Gasteiger partial charge on any atom is -0.434 e. The molecule has 0 unspecified atom stereocenters. The number of nitrogens with zero attached hydrogens (tertiary/aromatic N) is 6. The van der Waals surface area contributed by atoms with E-state index >= 15 is 0 Å². The van der Waals surface area contributed by atoms with Crippen LogP contribution >= 0.6 is 0 Å². The van der Waals surface area contributed by atoms with E-state index in [4.69, 9.17) is 4.74 Å². The first-order chi connectivity index (χ1) is 14.9. The second-order valence-corrected chi connectivity index (χ2v) is 6.86. The predicted molar refractivity (Wildman–Crippen MR) is 113 cm³/mol. The summed E-state index contributed by atoms with van der Waals surface area (Å²) < 4.78 is 20.3. The molecule has 0 atom stereocenters. The average Bonchev–Trinajstić information content (AvgIpc) is 2.78. The van der Waals surface area contributed by atoms with E-state index < -0.39 is 5.82 Å². The molecule has 3 rings (SSSR count). The van der Waals surface area contributed by atoms with Gasteiger partial charge in [0.05, 0.1) is 18.0 Å². The highest BCUT2D eigenvalue weighted by Crippen LogP contribution is 2.30. The Bertz CT molecular complexity index is 1130. The van der Waals surface area contributed by atoms with E-state index in [2.05, 4.69) is 15.0 Å². The van der Waals surface area contributed by atoms with E-state index in [1.165, 1.54) is 31.5 Å². The van der Waals surface area contributed by atoms with Crippen LogP contribution in [0.1, 0.15) is 12.5 Å². The molecule has 2 heterocycles. The molecule has 0 bridgehead atoms. The molecule has 0 radical (unpaired) electrons. The molecule has 0 spiro atoms. The summed E-state index contributed by atoms with van der Waals surface area (Å²) in [5.74, 6) is 0.0344. The van der Waals surface area contributed by atoms with Crippen molar-refractivity contribution in [3.8, 4) is 28.8 Å². The summed E-state index contributed by atoms with van der Waals surface area (Å²) in [6, 6.07) is 8.14. The maximum Gasteiger partial charge on any atom is 0.239 e. The second-order valence-electron chi connectivity index (χ2n) is 6.86. The third-order valence-corrected chi connectivity index (χ3v) is 4.70. The maximum absolute atomic E-state index is 14.7. The number of pyridine rings is 1. The SMILES string of the molecule is CC(=O)N(C)CCN(C)c1cncc(Oc2ccc(-c3ccncc3C#N)cc2F)n1. The molecule has 2 aromatic heterocycles. The number of carbonyl (C=O) groups is 1. The number of rotatable bonds is 7. The van der Waals surface area contributed by atoms with Crippen molar-refractivity contribution in [2.45, 2.75) is 6.92 Å². The van der Waals surface area contributed by atoms with E-state index in [-0.39, 0.29) is 17.5 Å². The van der Waals surface area contributed by atoms with Crippen molar-refractivity contribution in [2.75, 3.05) is 32.1 Å². The molecule has 8 nitrogen and oxygen atoms in total. The van der Waals surface area contributed by atoms with Crippen LogP contribution in [0, 0.1) is 17.1 Å². The van der Waals surface area contributed by atoms with Crippen LogP contribution in [0.4, 0.5) is 10.2 Å². The summed E-state index contributed by atoms with van der Waals surface area (Å²) in [5, 5.41) is 9.22. The maximum atomic E-state index is 14.7. The molecule has 0 saturated heterocycles. The van der Waals surface area contributed by atoms with Crippen LogP contribution in [0.2, 0.25) is 0 Å². The summed E-state index contributed by atoms with van der Waals surface area (Å²) in [4.78, 5) is 27.1. The largest absolute Gasteiger partial charge is 0.434 e. The number of carbonyl (C=O) groups excluding carboxylic acids is 1. The highest BCUT2D eigenvalue weighted by molar-refractivity contribution is 5.73. The van der Waals surface area contributed by atoms with Gasteiger partial charge in [-0.2, -0.15) is 10.2 Å². The molecular formula is C22H21FN6O2. The van der Waals surface area contributed by atoms with Gasteiger partial charge in [0.25, 0.3) is 0 Å². The number of hydrogen-bond donors (Lipinski definition) is 0. The third kappa shape index (κ3) is 5.30. The van der Waals surface area contributed by atoms with Crippen molar-refractivity contribution in [2.24, 2.45) is 0 Å². The Hall–Kier alpha value is -4.06. The van der Waals surface area contributed by atoms with E-state index in [0.717, 1.165) is 0 Å². The first-order valence-electron chi connectivity index (χ1n) is 9.46. The molecule has 0 aliphatic rings. The fraction of sp³-hybridized carbons (Fsp3) is 0.227. The van der Waals surface area contributed by atoms with Crippen molar-refractivity contribution in [1.29, 1.82) is 5.26 Å². The molecule has 1 amide bonds. The highest BCUT2D eigenvalue weighted by atomic mass is 19.1. The summed E-state index contributed by atoms with van der Waals surface area (Å²) >= 11 is 0. The number of hydrogen-bond acceptors (Lipinski definition) is 7. The lowest BCUT2D eigenvalue weighted by Gasteiger charge is -2.22. The minimum absolute atomic E-state index is 0.0123. The monoisotopic (exact) mass is 420 g/mol. The van der Waals surface area contributed by atoms with Crippen LogP contribution in [0.3, 0.4) is 0 Å². The zero-order chi connectivity index (χ0) is 22.4. The molecule has 158 valence electrons. The molecule has 31 heavy (non-hydrogen) atoms. The number of anilines is 1. The second kappa shape index (κ2) is 9.63. The zero-order valence-electron chi connectivity index (χ0n) is 17.4. The van der Waals surface area contributed by atoms with Gasteiger partial charge in [0.2, 0.25) is 11.8 Å². The lowest BCUT2D eigenvalue weighted by Crippen LogP contribution is -2.33. The van der Waals surface area contributed by atoms with Crippen LogP contribution < -0.4 is 9.64 Å². The third-order valence-electron chi connectivity index (χ3n) is 4.70. The van der Waals surface area contributed by atoms with Gasteiger partial charge in [-0.15, -0.1) is 0 Å². The minimum atomic E-state index is -0.596. The number of halogens is 1. The van der Waals surface area contributed by atoms with Gasteiger partial charge in [0.1, 0.15) is 6.07 Å². The van der Waals surface area contributed by atoms with E-state index in [1.807, 2.05) is 18.0 Å². The molecule has 0 N–H and O–H groups in total. The molecule has 1 aromatic carbocycles. The van der Waals surface area contributed by atoms with Crippen molar-refractivity contribution in [1.82, 2.24) is 19.9 Å². The molecule has 9 heteroatoms. The van der Waals surface area contributed by atoms with Gasteiger partial charge in [-0.3, -0.25) is 14.8 Å². The summed E-state index contributed by atoms with van der Waals surface area (Å²) in [5.41, 5.74) is 1.48. The molecular weight excluding hydrogens is 399 g/mol. The van der Waals surface area contributed by atoms with Crippen LogP contribution in [0.15, 0.2) is 49.1 Å². The number of ether oxygens (including phenoxy) is 1. The predicted octanol–water partition coefficient (Wildman–Crippen LogP) is 3.26. The van der Waals surface area contributed by atoms with Crippen LogP contribution in [0.25, 0.3) is 11.1 Å². The van der Waals surface area contributed by atoms with Crippen molar-refractivity contribution in [3.63, 3.8) is 0 Å². The normalized spacial score (nSPS) is 10.3. The van der Waals surface area contributed by atoms with E-state index in [1.54, 1.807) is 36.5 Å². The van der Waals surface area contributed by atoms with Gasteiger partial charge in [-0.05, 0) is 23.8 Å². The van der Waals surface area contributed by atoms with E-state index in [9.17, 15) is 14.4 Å². The lowest BCUT2D eigenvalue weighted by molar-refractivity contribution is -0.127. The Balaban J connectivity index is 1.75. The van der Waals surface area contributed by atoms with Crippen LogP contribution in [0.5, 0.6) is 11.6 Å². The molecule has 0 aliphatic carbocycles. The van der Waals surface area contributed by atoms with Gasteiger partial charge in [-0.1, -0.05) is 6.07 Å². The van der Waals surface area contributed by atoms with Gasteiger partial charge >= 0.3 is 0 Å². The number of nitriles is 1. The van der Waals surface area contributed by atoms with Crippen molar-refractivity contribution < 1.29 is 13.9 Å². The lowest BCUT2D eigenvalue weighted by atomic mass is 10.0. The van der Waals surface area contributed by atoms with Gasteiger partial charge in [-0.25, -0.2) is 4.39 Å². The topological polar surface area (TPSA) is 95.2 Å². The Morgan fingerprint density at radius 1 is 1.16 bits per heavy atom. The average molecular weight is 420 g/mol. The van der Waals surface area contributed by atoms with E-state index in [0.29, 0.717) is 35.6 Å². The summed E-state index contributed by atoms with van der Waals surface area (Å²) in [6.07, 6.45) is 5.93. The fourth-order valence-corrected chi connectivity index (χ4v) is 2.74. The Kier molecular flexibility index (Phi) is 6.72. The molecule has 0 fully saturated rings. The number of aromatic nitrogens is 3. The smallest absolute Gasteiger partial charge is 0.239 e. The number of amides is 1. The van der Waals surface area contributed by atoms with Crippen LogP contribution in [-0.2, 0) is 4.79 Å². The van der Waals surface area contributed by atoms with Gasteiger partial charge in [0, 0.05) is 52.1 Å².